The van der Waals surface area contributed by atoms with Gasteiger partial charge in [-0.2, -0.15) is 0 Å². The molecule has 0 amide bonds. The van der Waals surface area contributed by atoms with Crippen molar-refractivity contribution in [2.24, 2.45) is 0 Å². The van der Waals surface area contributed by atoms with E-state index in [1.165, 1.54) is 0 Å². The van der Waals surface area contributed by atoms with E-state index in [0.717, 1.165) is 12.8 Å². The van der Waals surface area contributed by atoms with Crippen LogP contribution in [0, 0.1) is 0 Å². The van der Waals surface area contributed by atoms with E-state index in [9.17, 15) is 9.00 Å². The molecule has 2 rings (SSSR count). The molecule has 0 radical (unpaired) electrons. The van der Waals surface area contributed by atoms with Crippen LogP contribution in [0.1, 0.15) is 36.5 Å². The first-order valence-electron chi connectivity index (χ1n) is 7.03. The molecule has 0 spiro atoms. The lowest BCUT2D eigenvalue weighted by Gasteiger charge is -2.11. The Bertz CT molecular complexity index is 685. The van der Waals surface area contributed by atoms with Crippen LogP contribution in [0.4, 0.5) is 0 Å². The van der Waals surface area contributed by atoms with Gasteiger partial charge in [0, 0.05) is 17.1 Å². The highest BCUT2D eigenvalue weighted by Gasteiger charge is 2.17. The van der Waals surface area contributed by atoms with Gasteiger partial charge < -0.3 is 13.9 Å². The van der Waals surface area contributed by atoms with Gasteiger partial charge in [-0.3, -0.25) is 0 Å². The molecule has 0 fully saturated rings. The lowest BCUT2D eigenvalue weighted by Crippen LogP contribution is -2.13. The van der Waals surface area contributed by atoms with Crippen molar-refractivity contribution < 1.29 is 18.3 Å². The SMILES string of the molecule is CCCCC(Cl)OC(=O)c1cccc2c1ccn2CS(=O)O. The summed E-state index contributed by atoms with van der Waals surface area (Å²) < 4.78 is 26.8. The van der Waals surface area contributed by atoms with E-state index in [1.54, 1.807) is 35.0 Å². The number of carbonyl (C=O) groups excluding carboxylic acids is 1. The topological polar surface area (TPSA) is 68.5 Å². The number of nitrogens with zero attached hydrogens (tertiary/aromatic N) is 1. The van der Waals surface area contributed by atoms with Crippen molar-refractivity contribution in [1.82, 2.24) is 4.57 Å². The highest BCUT2D eigenvalue weighted by atomic mass is 35.5. The summed E-state index contributed by atoms with van der Waals surface area (Å²) in [5.41, 5.74) is 0.466. The third-order valence-corrected chi connectivity index (χ3v) is 4.11. The van der Waals surface area contributed by atoms with Crippen LogP contribution in [0.5, 0.6) is 0 Å². The van der Waals surface area contributed by atoms with Gasteiger partial charge in [-0.15, -0.1) is 0 Å². The molecule has 0 aliphatic heterocycles. The van der Waals surface area contributed by atoms with Gasteiger partial charge in [0.25, 0.3) is 0 Å². The van der Waals surface area contributed by atoms with Crippen LogP contribution < -0.4 is 0 Å². The molecule has 22 heavy (non-hydrogen) atoms. The summed E-state index contributed by atoms with van der Waals surface area (Å²) in [5, 5.41) is 0.678. The van der Waals surface area contributed by atoms with Gasteiger partial charge in [-0.05, 0) is 31.0 Å². The average molecular weight is 344 g/mol. The molecule has 2 unspecified atom stereocenters. The molecule has 0 aliphatic rings. The molecule has 0 saturated carbocycles. The Labute approximate surface area is 136 Å². The number of rotatable bonds is 7. The Hall–Kier alpha value is -1.37. The Balaban J connectivity index is 2.22. The van der Waals surface area contributed by atoms with E-state index in [0.29, 0.717) is 22.9 Å². The Morgan fingerprint density at radius 1 is 1.45 bits per heavy atom. The molecule has 120 valence electrons. The number of carbonyl (C=O) groups is 1. The zero-order chi connectivity index (χ0) is 16.1. The summed E-state index contributed by atoms with van der Waals surface area (Å²) in [4.78, 5) is 12.2. The summed E-state index contributed by atoms with van der Waals surface area (Å²) in [6.07, 6.45) is 4.16. The number of benzene rings is 1. The zero-order valence-electron chi connectivity index (χ0n) is 12.2. The molecule has 7 heteroatoms. The van der Waals surface area contributed by atoms with E-state index in [4.69, 9.17) is 20.9 Å². The second-order valence-corrected chi connectivity index (χ2v) is 6.32. The van der Waals surface area contributed by atoms with E-state index >= 15 is 0 Å². The minimum absolute atomic E-state index is 0.0450. The standard InChI is InChI=1S/C15H18ClNO4S/c1-2-3-7-14(16)21-15(18)12-5-4-6-13-11(12)8-9-17(13)10-22(19)20/h4-6,8-9,14H,2-3,7,10H2,1H3,(H,19,20). The summed E-state index contributed by atoms with van der Waals surface area (Å²) >= 11 is 4.05. The molecule has 2 atom stereocenters. The maximum atomic E-state index is 12.2. The number of halogens is 1. The molecular formula is C15H18ClNO4S. The second-order valence-electron chi connectivity index (χ2n) is 4.93. The van der Waals surface area contributed by atoms with Gasteiger partial charge in [-0.1, -0.05) is 31.0 Å². The highest BCUT2D eigenvalue weighted by Crippen LogP contribution is 2.22. The van der Waals surface area contributed by atoms with Gasteiger partial charge >= 0.3 is 5.97 Å². The van der Waals surface area contributed by atoms with Crippen LogP contribution in [-0.4, -0.2) is 24.9 Å². The fourth-order valence-corrected chi connectivity index (χ4v) is 2.93. The van der Waals surface area contributed by atoms with E-state index in [1.807, 2.05) is 6.92 Å². The number of alkyl halides is 1. The normalized spacial score (nSPS) is 14.0. The number of ether oxygens (including phenoxy) is 1. The first kappa shape index (κ1) is 17.0. The molecule has 0 bridgehead atoms. The molecular weight excluding hydrogens is 326 g/mol. The fraction of sp³-hybridized carbons (Fsp3) is 0.400. The number of esters is 1. The van der Waals surface area contributed by atoms with Crippen molar-refractivity contribution in [2.75, 3.05) is 0 Å². The number of fused-ring (bicyclic) bond motifs is 1. The van der Waals surface area contributed by atoms with Gasteiger partial charge in [0.1, 0.15) is 5.88 Å². The fourth-order valence-electron chi connectivity index (χ4n) is 2.24. The van der Waals surface area contributed by atoms with Crippen molar-refractivity contribution in [3.05, 3.63) is 36.0 Å². The van der Waals surface area contributed by atoms with E-state index in [2.05, 4.69) is 0 Å². The minimum Gasteiger partial charge on any atom is -0.442 e. The monoisotopic (exact) mass is 343 g/mol. The molecule has 1 N–H and O–H groups in total. The third-order valence-electron chi connectivity index (χ3n) is 3.30. The average Bonchev–Trinajstić information content (AvgIpc) is 2.87. The molecule has 1 heterocycles. The number of hydrogen-bond donors (Lipinski definition) is 1. The van der Waals surface area contributed by atoms with Crippen molar-refractivity contribution in [3.8, 4) is 0 Å². The largest absolute Gasteiger partial charge is 0.442 e. The summed E-state index contributed by atoms with van der Waals surface area (Å²) in [7, 11) is 0. The smallest absolute Gasteiger partial charge is 0.340 e. The lowest BCUT2D eigenvalue weighted by molar-refractivity contribution is 0.0436. The molecule has 0 saturated heterocycles. The molecule has 0 aliphatic carbocycles. The first-order valence-corrected chi connectivity index (χ1v) is 8.74. The van der Waals surface area contributed by atoms with Gasteiger partial charge in [0.15, 0.2) is 16.6 Å². The quantitative estimate of drug-likeness (QED) is 0.472. The Morgan fingerprint density at radius 3 is 2.91 bits per heavy atom. The number of unbranched alkanes of at least 4 members (excludes halogenated alkanes) is 1. The number of aromatic nitrogens is 1. The van der Waals surface area contributed by atoms with Gasteiger partial charge in [-0.25, -0.2) is 9.00 Å². The summed E-state index contributed by atoms with van der Waals surface area (Å²) in [5.74, 6) is -0.527. The predicted octanol–water partition coefficient (Wildman–Crippen LogP) is 3.73. The van der Waals surface area contributed by atoms with Crippen LogP contribution in [0.15, 0.2) is 30.5 Å². The van der Waals surface area contributed by atoms with Crippen LogP contribution in [0.2, 0.25) is 0 Å². The van der Waals surface area contributed by atoms with Crippen LogP contribution in [-0.2, 0) is 21.7 Å². The van der Waals surface area contributed by atoms with Crippen molar-refractivity contribution in [3.63, 3.8) is 0 Å². The summed E-state index contributed by atoms with van der Waals surface area (Å²) in [6, 6.07) is 6.89. The molecule has 1 aromatic carbocycles. The maximum Gasteiger partial charge on any atom is 0.340 e. The molecule has 5 nitrogen and oxygen atoms in total. The van der Waals surface area contributed by atoms with Crippen LogP contribution >= 0.6 is 11.6 Å². The molecule has 2 aromatic rings. The van der Waals surface area contributed by atoms with E-state index in [-0.39, 0.29) is 5.88 Å². The van der Waals surface area contributed by atoms with Crippen molar-refractivity contribution >= 4 is 39.6 Å². The Kier molecular flexibility index (Phi) is 5.99. The Morgan fingerprint density at radius 2 is 2.23 bits per heavy atom. The van der Waals surface area contributed by atoms with Crippen molar-refractivity contribution in [1.29, 1.82) is 0 Å². The molecule has 1 aromatic heterocycles. The third kappa shape index (κ3) is 4.09. The highest BCUT2D eigenvalue weighted by molar-refractivity contribution is 7.78. The zero-order valence-corrected chi connectivity index (χ0v) is 13.8. The predicted molar refractivity (Wildman–Crippen MR) is 87.3 cm³/mol. The maximum absolute atomic E-state index is 12.2. The van der Waals surface area contributed by atoms with Gasteiger partial charge in [0.2, 0.25) is 0 Å². The lowest BCUT2D eigenvalue weighted by atomic mass is 10.1. The minimum atomic E-state index is -1.96. The van der Waals surface area contributed by atoms with Gasteiger partial charge in [0.05, 0.1) is 5.56 Å². The van der Waals surface area contributed by atoms with E-state index < -0.39 is 22.6 Å². The van der Waals surface area contributed by atoms with Crippen LogP contribution in [0.25, 0.3) is 10.9 Å². The summed E-state index contributed by atoms with van der Waals surface area (Å²) in [6.45, 7) is 2.04. The number of hydrogen-bond acceptors (Lipinski definition) is 3. The van der Waals surface area contributed by atoms with Crippen molar-refractivity contribution in [2.45, 2.75) is 37.6 Å². The second kappa shape index (κ2) is 7.76. The van der Waals surface area contributed by atoms with Crippen LogP contribution in [0.3, 0.4) is 0 Å². The first-order chi connectivity index (χ1) is 10.5.